The van der Waals surface area contributed by atoms with Gasteiger partial charge >= 0.3 is 0 Å². The summed E-state index contributed by atoms with van der Waals surface area (Å²) in [6.07, 6.45) is 19.0. The van der Waals surface area contributed by atoms with Crippen molar-refractivity contribution >= 4 is 0 Å². The zero-order chi connectivity index (χ0) is 28.2. The van der Waals surface area contributed by atoms with Gasteiger partial charge in [0.05, 0.1) is 0 Å². The average Bonchev–Trinajstić information content (AvgIpc) is 2.83. The second kappa shape index (κ2) is 16.8. The molecule has 0 saturated heterocycles. The summed E-state index contributed by atoms with van der Waals surface area (Å²) in [6, 6.07) is 0. The molecule has 3 atom stereocenters. The first kappa shape index (κ1) is 34.0. The molecule has 1 aliphatic rings. The van der Waals surface area contributed by atoms with Crippen molar-refractivity contribution in [2.45, 2.75) is 166 Å². The summed E-state index contributed by atoms with van der Waals surface area (Å²) in [6.45, 7) is 29.7. The standard InChI is InChI=1S/C35H60.C2H6/c1-25(2)14-11-15-27(5)16-12-17-28(6)18-13-22-35(10)23-21-33-31(9)32(20-19-26(3)4)29(7)30(8)34(33)24-35;1-2/h25,27-28H,3,11-24H2,1-2,4-10H3;1-2H3. The van der Waals surface area contributed by atoms with Crippen molar-refractivity contribution in [3.63, 3.8) is 0 Å². The molecule has 0 aromatic heterocycles. The lowest BCUT2D eigenvalue weighted by Crippen LogP contribution is -2.28. The fourth-order valence-corrected chi connectivity index (χ4v) is 6.67. The summed E-state index contributed by atoms with van der Waals surface area (Å²) < 4.78 is 0. The molecule has 1 aliphatic carbocycles. The predicted octanol–water partition coefficient (Wildman–Crippen LogP) is 12.1. The van der Waals surface area contributed by atoms with Crippen LogP contribution in [0.5, 0.6) is 0 Å². The van der Waals surface area contributed by atoms with Gasteiger partial charge in [0.2, 0.25) is 0 Å². The Morgan fingerprint density at radius 2 is 1.32 bits per heavy atom. The largest absolute Gasteiger partial charge is 0.100 e. The van der Waals surface area contributed by atoms with Crippen LogP contribution in [0.1, 0.15) is 159 Å². The molecule has 0 heteroatoms. The number of benzene rings is 1. The first-order chi connectivity index (χ1) is 17.4. The molecule has 0 bridgehead atoms. The van der Waals surface area contributed by atoms with Crippen LogP contribution in [-0.4, -0.2) is 0 Å². The van der Waals surface area contributed by atoms with Crippen LogP contribution in [0.2, 0.25) is 0 Å². The van der Waals surface area contributed by atoms with Crippen LogP contribution in [-0.2, 0) is 19.3 Å². The third-order valence-corrected chi connectivity index (χ3v) is 9.47. The molecular weight excluding hydrogens is 444 g/mol. The molecule has 3 unspecified atom stereocenters. The van der Waals surface area contributed by atoms with E-state index < -0.39 is 0 Å². The first-order valence-corrected chi connectivity index (χ1v) is 16.2. The molecule has 0 fully saturated rings. The van der Waals surface area contributed by atoms with Crippen LogP contribution < -0.4 is 0 Å². The van der Waals surface area contributed by atoms with E-state index in [0.29, 0.717) is 5.41 Å². The van der Waals surface area contributed by atoms with Crippen LogP contribution in [0, 0.1) is 43.9 Å². The quantitative estimate of drug-likeness (QED) is 0.206. The molecule has 0 aliphatic heterocycles. The number of fused-ring (bicyclic) bond motifs is 1. The SMILES string of the molecule is C=C(C)CCc1c(C)c(C)c2c(c1C)CCC(C)(CCCC(C)CCCC(C)CCCC(C)C)C2.CC. The highest BCUT2D eigenvalue weighted by atomic mass is 14.4. The van der Waals surface area contributed by atoms with Crippen LogP contribution in [0.4, 0.5) is 0 Å². The maximum absolute atomic E-state index is 4.14. The second-order valence-electron chi connectivity index (χ2n) is 13.6. The van der Waals surface area contributed by atoms with E-state index >= 15 is 0 Å². The summed E-state index contributed by atoms with van der Waals surface area (Å²) in [7, 11) is 0. The molecule has 214 valence electrons. The van der Waals surface area contributed by atoms with E-state index in [4.69, 9.17) is 0 Å². The van der Waals surface area contributed by atoms with Gasteiger partial charge in [-0.25, -0.2) is 0 Å². The number of hydrogen-bond acceptors (Lipinski definition) is 0. The monoisotopic (exact) mass is 511 g/mol. The average molecular weight is 511 g/mol. The van der Waals surface area contributed by atoms with Crippen molar-refractivity contribution in [3.8, 4) is 0 Å². The predicted molar refractivity (Wildman–Crippen MR) is 170 cm³/mol. The fraction of sp³-hybridized carbons (Fsp3) is 0.784. The number of rotatable bonds is 15. The molecule has 0 spiro atoms. The molecule has 1 aromatic carbocycles. The van der Waals surface area contributed by atoms with Gasteiger partial charge in [-0.2, -0.15) is 0 Å². The second-order valence-corrected chi connectivity index (χ2v) is 13.6. The van der Waals surface area contributed by atoms with E-state index in [1.807, 2.05) is 13.8 Å². The van der Waals surface area contributed by atoms with Gasteiger partial charge in [0.15, 0.2) is 0 Å². The van der Waals surface area contributed by atoms with Gasteiger partial charge in [0.1, 0.15) is 0 Å². The highest BCUT2D eigenvalue weighted by Crippen LogP contribution is 2.43. The van der Waals surface area contributed by atoms with Crippen molar-refractivity contribution in [2.24, 2.45) is 23.2 Å². The Bertz CT molecular complexity index is 810. The van der Waals surface area contributed by atoms with Gasteiger partial charge in [-0.1, -0.05) is 105 Å². The topological polar surface area (TPSA) is 0 Å². The van der Waals surface area contributed by atoms with Crippen molar-refractivity contribution in [1.82, 2.24) is 0 Å². The zero-order valence-electron chi connectivity index (χ0n) is 27.3. The molecule has 0 heterocycles. The van der Waals surface area contributed by atoms with Gasteiger partial charge < -0.3 is 0 Å². The molecule has 0 amide bonds. The third-order valence-electron chi connectivity index (χ3n) is 9.47. The summed E-state index contributed by atoms with van der Waals surface area (Å²) in [5.74, 6) is 2.67. The van der Waals surface area contributed by atoms with Crippen LogP contribution in [0.3, 0.4) is 0 Å². The smallest absolute Gasteiger partial charge is 0.0219 e. The van der Waals surface area contributed by atoms with Crippen LogP contribution in [0.15, 0.2) is 12.2 Å². The van der Waals surface area contributed by atoms with Crippen molar-refractivity contribution in [3.05, 3.63) is 45.5 Å². The van der Waals surface area contributed by atoms with Crippen molar-refractivity contribution in [2.75, 3.05) is 0 Å². The van der Waals surface area contributed by atoms with Gasteiger partial charge in [-0.3, -0.25) is 0 Å². The Morgan fingerprint density at radius 1 is 0.784 bits per heavy atom. The van der Waals surface area contributed by atoms with Crippen molar-refractivity contribution < 1.29 is 0 Å². The Balaban J connectivity index is 0.00000334. The maximum atomic E-state index is 4.14. The third kappa shape index (κ3) is 11.3. The lowest BCUT2D eigenvalue weighted by molar-refractivity contribution is 0.238. The van der Waals surface area contributed by atoms with E-state index in [0.717, 1.165) is 30.6 Å². The van der Waals surface area contributed by atoms with E-state index in [9.17, 15) is 0 Å². The highest BCUT2D eigenvalue weighted by Gasteiger charge is 2.32. The molecular formula is C37H66. The van der Waals surface area contributed by atoms with E-state index in [1.54, 1.807) is 33.4 Å². The normalized spacial score (nSPS) is 18.7. The summed E-state index contributed by atoms with van der Waals surface area (Å²) >= 11 is 0. The summed E-state index contributed by atoms with van der Waals surface area (Å²) in [5, 5.41) is 0. The number of allylic oxidation sites excluding steroid dienone is 1. The Hall–Kier alpha value is -1.04. The zero-order valence-corrected chi connectivity index (χ0v) is 27.3. The summed E-state index contributed by atoms with van der Waals surface area (Å²) in [5.41, 5.74) is 11.5. The number of hydrogen-bond donors (Lipinski definition) is 0. The molecule has 0 N–H and O–H groups in total. The minimum Gasteiger partial charge on any atom is -0.100 e. The lowest BCUT2D eigenvalue weighted by atomic mass is 9.67. The van der Waals surface area contributed by atoms with Gasteiger partial charge in [0, 0.05) is 0 Å². The van der Waals surface area contributed by atoms with Gasteiger partial charge in [-0.15, -0.1) is 6.58 Å². The van der Waals surface area contributed by atoms with Crippen LogP contribution in [0.25, 0.3) is 0 Å². The fourth-order valence-electron chi connectivity index (χ4n) is 6.67. The van der Waals surface area contributed by atoms with E-state index in [1.165, 1.54) is 82.6 Å². The van der Waals surface area contributed by atoms with E-state index in [-0.39, 0.29) is 0 Å². The highest BCUT2D eigenvalue weighted by molar-refractivity contribution is 5.52. The molecule has 0 radical (unpaired) electrons. The van der Waals surface area contributed by atoms with Gasteiger partial charge in [-0.05, 0) is 123 Å². The first-order valence-electron chi connectivity index (χ1n) is 16.2. The van der Waals surface area contributed by atoms with E-state index in [2.05, 4.69) is 68.9 Å². The Labute approximate surface area is 234 Å². The Kier molecular flexibility index (Phi) is 15.5. The lowest BCUT2D eigenvalue weighted by Gasteiger charge is -2.38. The Morgan fingerprint density at radius 3 is 1.86 bits per heavy atom. The minimum atomic E-state index is 0.487. The van der Waals surface area contributed by atoms with Gasteiger partial charge in [0.25, 0.3) is 0 Å². The molecule has 0 saturated carbocycles. The maximum Gasteiger partial charge on any atom is -0.0219 e. The molecule has 2 rings (SSSR count). The summed E-state index contributed by atoms with van der Waals surface area (Å²) in [4.78, 5) is 0. The minimum absolute atomic E-state index is 0.487. The van der Waals surface area contributed by atoms with Crippen LogP contribution >= 0.6 is 0 Å². The molecule has 0 nitrogen and oxygen atoms in total. The molecule has 1 aromatic rings. The molecule has 37 heavy (non-hydrogen) atoms. The van der Waals surface area contributed by atoms with Crippen molar-refractivity contribution in [1.29, 1.82) is 0 Å².